The summed E-state index contributed by atoms with van der Waals surface area (Å²) >= 11 is 1.36. The number of amides is 2. The van der Waals surface area contributed by atoms with E-state index in [9.17, 15) is 9.59 Å². The Morgan fingerprint density at radius 2 is 2.30 bits per heavy atom. The average Bonchev–Trinajstić information content (AvgIpc) is 3.08. The van der Waals surface area contributed by atoms with Gasteiger partial charge in [-0.05, 0) is 17.9 Å². The van der Waals surface area contributed by atoms with Crippen LogP contribution >= 0.6 is 11.3 Å². The summed E-state index contributed by atoms with van der Waals surface area (Å²) in [7, 11) is 1.61. The van der Waals surface area contributed by atoms with Crippen LogP contribution in [0.1, 0.15) is 16.1 Å². The quantitative estimate of drug-likeness (QED) is 0.792. The second kappa shape index (κ2) is 6.67. The molecule has 1 aromatic rings. The lowest BCUT2D eigenvalue weighted by Gasteiger charge is -2.18. The van der Waals surface area contributed by atoms with Crippen LogP contribution < -0.4 is 5.32 Å². The van der Waals surface area contributed by atoms with Gasteiger partial charge in [0.1, 0.15) is 0 Å². The summed E-state index contributed by atoms with van der Waals surface area (Å²) in [5.41, 5.74) is 0. The van der Waals surface area contributed by atoms with Gasteiger partial charge >= 0.3 is 0 Å². The zero-order valence-corrected chi connectivity index (χ0v) is 12.1. The number of likely N-dealkylation sites (N-methyl/N-ethyl adjacent to an activating group) is 1. The molecule has 2 N–H and O–H groups in total. The summed E-state index contributed by atoms with van der Waals surface area (Å²) < 4.78 is 0. The van der Waals surface area contributed by atoms with Crippen LogP contribution in [0.15, 0.2) is 29.7 Å². The van der Waals surface area contributed by atoms with Crippen LogP contribution in [0.3, 0.4) is 0 Å². The Morgan fingerprint density at radius 1 is 1.50 bits per heavy atom. The molecule has 1 aromatic heterocycles. The minimum absolute atomic E-state index is 0.0326. The molecule has 2 atom stereocenters. The standard InChI is InChI=1S/C14H18N2O3S/c1-16(14(19)12-3-2-6-20-12)8-13(18)15-11-5-4-10(7-11)9-17/h2-6,10-11,17H,7-9H2,1H3,(H,15,18)/t10-,11+/m0/s1. The molecule has 0 saturated carbocycles. The Kier molecular flexibility index (Phi) is 4.92. The molecule has 0 saturated heterocycles. The van der Waals surface area contributed by atoms with Crippen LogP contribution in [0.4, 0.5) is 0 Å². The highest BCUT2D eigenvalue weighted by Gasteiger charge is 2.21. The third-order valence-electron chi connectivity index (χ3n) is 3.21. The van der Waals surface area contributed by atoms with Gasteiger partial charge in [0.05, 0.1) is 11.4 Å². The fourth-order valence-corrected chi connectivity index (χ4v) is 2.86. The lowest BCUT2D eigenvalue weighted by atomic mass is 10.1. The summed E-state index contributed by atoms with van der Waals surface area (Å²) in [6.07, 6.45) is 4.51. The number of carbonyl (C=O) groups excluding carboxylic acids is 2. The first kappa shape index (κ1) is 14.7. The molecular formula is C14H18N2O3S. The van der Waals surface area contributed by atoms with E-state index >= 15 is 0 Å². The lowest BCUT2D eigenvalue weighted by Crippen LogP contribution is -2.41. The maximum absolute atomic E-state index is 12.0. The van der Waals surface area contributed by atoms with Crippen molar-refractivity contribution >= 4 is 23.2 Å². The van der Waals surface area contributed by atoms with Crippen LogP contribution in [-0.2, 0) is 4.79 Å². The van der Waals surface area contributed by atoms with Gasteiger partial charge in [0.2, 0.25) is 5.91 Å². The van der Waals surface area contributed by atoms with Crippen molar-refractivity contribution < 1.29 is 14.7 Å². The Balaban J connectivity index is 1.80. The molecule has 0 unspecified atom stereocenters. The van der Waals surface area contributed by atoms with Gasteiger partial charge in [0.25, 0.3) is 5.91 Å². The monoisotopic (exact) mass is 294 g/mol. The smallest absolute Gasteiger partial charge is 0.264 e. The van der Waals surface area contributed by atoms with E-state index in [2.05, 4.69) is 5.32 Å². The van der Waals surface area contributed by atoms with Crippen molar-refractivity contribution in [3.05, 3.63) is 34.5 Å². The van der Waals surface area contributed by atoms with E-state index in [1.165, 1.54) is 16.2 Å². The first-order chi connectivity index (χ1) is 9.60. The summed E-state index contributed by atoms with van der Waals surface area (Å²) in [4.78, 5) is 25.9. The Labute approximate surface area is 121 Å². The number of hydrogen-bond acceptors (Lipinski definition) is 4. The van der Waals surface area contributed by atoms with Crippen molar-refractivity contribution in [2.45, 2.75) is 12.5 Å². The molecule has 0 aliphatic heterocycles. The molecule has 2 amide bonds. The topological polar surface area (TPSA) is 69.6 Å². The van der Waals surface area contributed by atoms with Gasteiger partial charge in [-0.1, -0.05) is 18.2 Å². The van der Waals surface area contributed by atoms with Crippen LogP contribution in [0.2, 0.25) is 0 Å². The summed E-state index contributed by atoms with van der Waals surface area (Å²) in [6.45, 7) is 0.129. The van der Waals surface area contributed by atoms with Gasteiger partial charge in [-0.3, -0.25) is 9.59 Å². The highest BCUT2D eigenvalue weighted by molar-refractivity contribution is 7.12. The number of nitrogens with zero attached hydrogens (tertiary/aromatic N) is 1. The van der Waals surface area contributed by atoms with Crippen LogP contribution in [-0.4, -0.2) is 48.1 Å². The number of thiophene rings is 1. The molecular weight excluding hydrogens is 276 g/mol. The number of aliphatic hydroxyl groups is 1. The summed E-state index contributed by atoms with van der Waals surface area (Å²) in [5, 5.41) is 13.7. The molecule has 0 spiro atoms. The number of nitrogens with one attached hydrogen (secondary N) is 1. The first-order valence-electron chi connectivity index (χ1n) is 6.47. The largest absolute Gasteiger partial charge is 0.396 e. The second-order valence-corrected chi connectivity index (χ2v) is 5.82. The average molecular weight is 294 g/mol. The maximum atomic E-state index is 12.0. The third kappa shape index (κ3) is 3.68. The van der Waals surface area contributed by atoms with Gasteiger partial charge in [-0.2, -0.15) is 0 Å². The van der Waals surface area contributed by atoms with Crippen molar-refractivity contribution in [1.82, 2.24) is 10.2 Å². The van der Waals surface area contributed by atoms with Crippen molar-refractivity contribution in [2.75, 3.05) is 20.2 Å². The predicted octanol–water partition coefficient (Wildman–Crippen LogP) is 0.873. The van der Waals surface area contributed by atoms with Crippen molar-refractivity contribution in [1.29, 1.82) is 0 Å². The van der Waals surface area contributed by atoms with Gasteiger partial charge in [0, 0.05) is 25.6 Å². The zero-order chi connectivity index (χ0) is 14.5. The van der Waals surface area contributed by atoms with E-state index in [0.29, 0.717) is 11.3 Å². The lowest BCUT2D eigenvalue weighted by molar-refractivity contribution is -0.122. The van der Waals surface area contributed by atoms with E-state index < -0.39 is 0 Å². The third-order valence-corrected chi connectivity index (χ3v) is 4.07. The van der Waals surface area contributed by atoms with E-state index in [-0.39, 0.29) is 36.9 Å². The number of rotatable bonds is 5. The van der Waals surface area contributed by atoms with Gasteiger partial charge < -0.3 is 15.3 Å². The Morgan fingerprint density at radius 3 is 2.90 bits per heavy atom. The first-order valence-corrected chi connectivity index (χ1v) is 7.35. The molecule has 0 fully saturated rings. The number of aliphatic hydroxyl groups excluding tert-OH is 1. The summed E-state index contributed by atoms with van der Waals surface area (Å²) in [6, 6.07) is 3.50. The molecule has 20 heavy (non-hydrogen) atoms. The van der Waals surface area contributed by atoms with Crippen LogP contribution in [0.25, 0.3) is 0 Å². The molecule has 2 rings (SSSR count). The highest BCUT2D eigenvalue weighted by atomic mass is 32.1. The molecule has 1 heterocycles. The highest BCUT2D eigenvalue weighted by Crippen LogP contribution is 2.17. The Bertz CT molecular complexity index is 499. The normalized spacial score (nSPS) is 20.9. The number of hydrogen-bond donors (Lipinski definition) is 2. The van der Waals surface area contributed by atoms with Crippen LogP contribution in [0.5, 0.6) is 0 Å². The van der Waals surface area contributed by atoms with E-state index in [1.807, 2.05) is 23.6 Å². The minimum Gasteiger partial charge on any atom is -0.396 e. The van der Waals surface area contributed by atoms with Crippen LogP contribution in [0, 0.1) is 5.92 Å². The summed E-state index contributed by atoms with van der Waals surface area (Å²) in [5.74, 6) is -0.221. The zero-order valence-electron chi connectivity index (χ0n) is 11.3. The van der Waals surface area contributed by atoms with Gasteiger partial charge in [-0.25, -0.2) is 0 Å². The van der Waals surface area contributed by atoms with Crippen molar-refractivity contribution in [3.63, 3.8) is 0 Å². The van der Waals surface area contributed by atoms with E-state index in [4.69, 9.17) is 5.11 Å². The van der Waals surface area contributed by atoms with Crippen molar-refractivity contribution in [3.8, 4) is 0 Å². The molecule has 6 heteroatoms. The molecule has 0 aromatic carbocycles. The minimum atomic E-state index is -0.189. The SMILES string of the molecule is CN(CC(=O)N[C@@H]1C=C[C@H](CO)C1)C(=O)c1cccs1. The molecule has 0 radical (unpaired) electrons. The molecule has 1 aliphatic rings. The Hall–Kier alpha value is -1.66. The second-order valence-electron chi connectivity index (χ2n) is 4.88. The number of carbonyl (C=O) groups is 2. The molecule has 5 nitrogen and oxygen atoms in total. The predicted molar refractivity (Wildman–Crippen MR) is 77.5 cm³/mol. The fraction of sp³-hybridized carbons (Fsp3) is 0.429. The maximum Gasteiger partial charge on any atom is 0.264 e. The molecule has 108 valence electrons. The molecule has 0 bridgehead atoms. The van der Waals surface area contributed by atoms with E-state index in [1.54, 1.807) is 13.1 Å². The van der Waals surface area contributed by atoms with Gasteiger partial charge in [-0.15, -0.1) is 11.3 Å². The van der Waals surface area contributed by atoms with Crippen molar-refractivity contribution in [2.24, 2.45) is 5.92 Å². The van der Waals surface area contributed by atoms with E-state index in [0.717, 1.165) is 0 Å². The molecule has 1 aliphatic carbocycles. The fourth-order valence-electron chi connectivity index (χ4n) is 2.14. The van der Waals surface area contributed by atoms with Gasteiger partial charge in [0.15, 0.2) is 0 Å².